The van der Waals surface area contributed by atoms with Crippen LogP contribution in [-0.4, -0.2) is 25.3 Å². The van der Waals surface area contributed by atoms with Gasteiger partial charge in [-0.3, -0.25) is 4.79 Å². The molecule has 0 saturated heterocycles. The second-order valence-corrected chi connectivity index (χ2v) is 4.01. The van der Waals surface area contributed by atoms with E-state index in [1.807, 2.05) is 18.2 Å². The van der Waals surface area contributed by atoms with Crippen LogP contribution in [0.3, 0.4) is 0 Å². The predicted octanol–water partition coefficient (Wildman–Crippen LogP) is 1.71. The highest BCUT2D eigenvalue weighted by Crippen LogP contribution is 2.30. The standard InChI is InChI=1S/C13H19NO4/c1-17-8-9-4-3-5-10(13(9)18-2)11(14)6-7-12(15)16/h3-5,11H,6-8,14H2,1-2H3,(H,15,16). The number of methoxy groups -OCH3 is 2. The molecule has 1 aromatic carbocycles. The van der Waals surface area contributed by atoms with Crippen LogP contribution >= 0.6 is 0 Å². The lowest BCUT2D eigenvalue weighted by Crippen LogP contribution is -2.14. The average molecular weight is 253 g/mol. The summed E-state index contributed by atoms with van der Waals surface area (Å²) in [5.41, 5.74) is 7.72. The minimum absolute atomic E-state index is 0.0405. The predicted molar refractivity (Wildman–Crippen MR) is 67.5 cm³/mol. The first kappa shape index (κ1) is 14.5. The van der Waals surface area contributed by atoms with Gasteiger partial charge in [-0.25, -0.2) is 0 Å². The summed E-state index contributed by atoms with van der Waals surface area (Å²) in [6, 6.07) is 5.26. The first-order valence-electron chi connectivity index (χ1n) is 5.72. The van der Waals surface area contributed by atoms with Gasteiger partial charge in [0.15, 0.2) is 0 Å². The molecule has 0 aliphatic heterocycles. The Balaban J connectivity index is 2.92. The van der Waals surface area contributed by atoms with Gasteiger partial charge in [-0.05, 0) is 6.42 Å². The van der Waals surface area contributed by atoms with Gasteiger partial charge >= 0.3 is 5.97 Å². The maximum absolute atomic E-state index is 10.6. The summed E-state index contributed by atoms with van der Waals surface area (Å²) in [6.07, 6.45) is 0.418. The highest BCUT2D eigenvalue weighted by molar-refractivity contribution is 5.66. The number of rotatable bonds is 7. The van der Waals surface area contributed by atoms with Gasteiger partial charge in [0.05, 0.1) is 13.7 Å². The van der Waals surface area contributed by atoms with E-state index in [4.69, 9.17) is 20.3 Å². The molecule has 5 nitrogen and oxygen atoms in total. The summed E-state index contributed by atoms with van der Waals surface area (Å²) < 4.78 is 10.4. The van der Waals surface area contributed by atoms with Gasteiger partial charge < -0.3 is 20.3 Å². The highest BCUT2D eigenvalue weighted by atomic mass is 16.5. The van der Waals surface area contributed by atoms with Crippen LogP contribution in [0.15, 0.2) is 18.2 Å². The van der Waals surface area contributed by atoms with Crippen LogP contribution in [0, 0.1) is 0 Å². The second-order valence-electron chi connectivity index (χ2n) is 4.01. The van der Waals surface area contributed by atoms with Crippen LogP contribution in [0.4, 0.5) is 0 Å². The summed E-state index contributed by atoms with van der Waals surface area (Å²) in [5.74, 6) is -0.172. The summed E-state index contributed by atoms with van der Waals surface area (Å²) in [7, 11) is 3.18. The van der Waals surface area contributed by atoms with E-state index in [9.17, 15) is 4.79 Å². The van der Waals surface area contributed by atoms with Gasteiger partial charge in [-0.1, -0.05) is 18.2 Å². The first-order valence-corrected chi connectivity index (χ1v) is 5.72. The molecule has 0 fully saturated rings. The number of benzene rings is 1. The molecule has 0 radical (unpaired) electrons. The number of hydrogen-bond donors (Lipinski definition) is 2. The normalized spacial score (nSPS) is 12.2. The average Bonchev–Trinajstić information content (AvgIpc) is 2.36. The van der Waals surface area contributed by atoms with Crippen molar-refractivity contribution < 1.29 is 19.4 Å². The molecule has 0 aliphatic carbocycles. The number of ether oxygens (including phenoxy) is 2. The van der Waals surface area contributed by atoms with E-state index in [1.54, 1.807) is 14.2 Å². The molecule has 1 atom stereocenters. The van der Waals surface area contributed by atoms with Crippen LogP contribution in [0.5, 0.6) is 5.75 Å². The Labute approximate surface area is 107 Å². The molecule has 100 valence electrons. The molecule has 1 rings (SSSR count). The fourth-order valence-electron chi connectivity index (χ4n) is 1.85. The number of aliphatic carboxylic acids is 1. The molecule has 0 bridgehead atoms. The fourth-order valence-corrected chi connectivity index (χ4v) is 1.85. The van der Waals surface area contributed by atoms with E-state index in [2.05, 4.69) is 0 Å². The topological polar surface area (TPSA) is 81.8 Å². The van der Waals surface area contributed by atoms with Crippen molar-refractivity contribution in [1.82, 2.24) is 0 Å². The molecular weight excluding hydrogens is 234 g/mol. The molecule has 0 saturated carbocycles. The zero-order valence-corrected chi connectivity index (χ0v) is 10.7. The van der Waals surface area contributed by atoms with Gasteiger partial charge in [0.2, 0.25) is 0 Å². The van der Waals surface area contributed by atoms with Crippen LogP contribution in [0.2, 0.25) is 0 Å². The van der Waals surface area contributed by atoms with Gasteiger partial charge in [0.25, 0.3) is 0 Å². The number of carboxylic acid groups (broad SMARTS) is 1. The van der Waals surface area contributed by atoms with Crippen molar-refractivity contribution in [2.45, 2.75) is 25.5 Å². The first-order chi connectivity index (χ1) is 8.60. The summed E-state index contributed by atoms with van der Waals surface area (Å²) in [4.78, 5) is 10.6. The Morgan fingerprint density at radius 1 is 1.44 bits per heavy atom. The SMILES string of the molecule is COCc1cccc(C(N)CCC(=O)O)c1OC. The van der Waals surface area contributed by atoms with Crippen molar-refractivity contribution in [2.75, 3.05) is 14.2 Å². The Hall–Kier alpha value is -1.59. The number of carboxylic acids is 1. The van der Waals surface area contributed by atoms with Crippen molar-refractivity contribution in [3.63, 3.8) is 0 Å². The van der Waals surface area contributed by atoms with Crippen molar-refractivity contribution >= 4 is 5.97 Å². The highest BCUT2D eigenvalue weighted by Gasteiger charge is 2.16. The monoisotopic (exact) mass is 253 g/mol. The lowest BCUT2D eigenvalue weighted by molar-refractivity contribution is -0.137. The molecule has 5 heteroatoms. The van der Waals surface area contributed by atoms with E-state index < -0.39 is 5.97 Å². The van der Waals surface area contributed by atoms with Crippen molar-refractivity contribution in [3.8, 4) is 5.75 Å². The largest absolute Gasteiger partial charge is 0.496 e. The molecule has 0 amide bonds. The van der Waals surface area contributed by atoms with Gasteiger partial charge in [0, 0.05) is 30.7 Å². The Bertz CT molecular complexity index is 406. The van der Waals surface area contributed by atoms with E-state index >= 15 is 0 Å². The van der Waals surface area contributed by atoms with Crippen LogP contribution in [0.25, 0.3) is 0 Å². The van der Waals surface area contributed by atoms with Crippen LogP contribution < -0.4 is 10.5 Å². The van der Waals surface area contributed by atoms with E-state index in [0.717, 1.165) is 11.1 Å². The molecule has 0 spiro atoms. The molecule has 0 aromatic heterocycles. The molecule has 0 heterocycles. The number of hydrogen-bond acceptors (Lipinski definition) is 4. The van der Waals surface area contributed by atoms with E-state index in [0.29, 0.717) is 18.8 Å². The molecule has 18 heavy (non-hydrogen) atoms. The molecule has 0 aliphatic rings. The molecule has 1 unspecified atom stereocenters. The zero-order valence-electron chi connectivity index (χ0n) is 10.7. The molecule has 1 aromatic rings. The smallest absolute Gasteiger partial charge is 0.303 e. The van der Waals surface area contributed by atoms with Crippen molar-refractivity contribution in [3.05, 3.63) is 29.3 Å². The minimum atomic E-state index is -0.850. The molecular formula is C13H19NO4. The number of nitrogens with two attached hydrogens (primary N) is 1. The Kier molecular flexibility index (Phi) is 5.61. The summed E-state index contributed by atoms with van der Waals surface area (Å²) >= 11 is 0. The maximum atomic E-state index is 10.6. The third-order valence-corrected chi connectivity index (χ3v) is 2.70. The van der Waals surface area contributed by atoms with Gasteiger partial charge in [-0.15, -0.1) is 0 Å². The van der Waals surface area contributed by atoms with E-state index in [1.165, 1.54) is 0 Å². The lowest BCUT2D eigenvalue weighted by atomic mass is 9.99. The summed E-state index contributed by atoms with van der Waals surface area (Å²) in [5, 5.41) is 8.67. The van der Waals surface area contributed by atoms with Gasteiger partial charge in [-0.2, -0.15) is 0 Å². The minimum Gasteiger partial charge on any atom is -0.496 e. The fraction of sp³-hybridized carbons (Fsp3) is 0.462. The van der Waals surface area contributed by atoms with E-state index in [-0.39, 0.29) is 12.5 Å². The van der Waals surface area contributed by atoms with Crippen LogP contribution in [0.1, 0.15) is 30.0 Å². The molecule has 3 N–H and O–H groups in total. The van der Waals surface area contributed by atoms with Crippen molar-refractivity contribution in [2.24, 2.45) is 5.73 Å². The quantitative estimate of drug-likeness (QED) is 0.773. The summed E-state index contributed by atoms with van der Waals surface area (Å²) in [6.45, 7) is 0.433. The number of carbonyl (C=O) groups is 1. The zero-order chi connectivity index (χ0) is 13.5. The Morgan fingerprint density at radius 3 is 2.72 bits per heavy atom. The third kappa shape index (κ3) is 3.72. The van der Waals surface area contributed by atoms with Gasteiger partial charge in [0.1, 0.15) is 5.75 Å². The third-order valence-electron chi connectivity index (χ3n) is 2.70. The maximum Gasteiger partial charge on any atom is 0.303 e. The number of para-hydroxylation sites is 1. The van der Waals surface area contributed by atoms with Crippen LogP contribution in [-0.2, 0) is 16.1 Å². The lowest BCUT2D eigenvalue weighted by Gasteiger charge is -2.17. The van der Waals surface area contributed by atoms with Crippen molar-refractivity contribution in [1.29, 1.82) is 0 Å². The second kappa shape index (κ2) is 6.98. The Morgan fingerprint density at radius 2 is 2.17 bits per heavy atom.